The number of hydrogen-bond donors (Lipinski definition) is 3. The SMILES string of the molecule is CNC(=O)c1sc(NC2CCCC(C)CC2)c(OC)c1N. The average molecular weight is 311 g/mol. The van der Waals surface area contributed by atoms with E-state index in [1.54, 1.807) is 14.2 Å². The number of nitrogen functional groups attached to an aromatic ring is 1. The summed E-state index contributed by atoms with van der Waals surface area (Å²) in [6, 6.07) is 0.430. The lowest BCUT2D eigenvalue weighted by atomic mass is 10.0. The molecule has 118 valence electrons. The van der Waals surface area contributed by atoms with Gasteiger partial charge in [0.05, 0.1) is 7.11 Å². The molecule has 1 amide bonds. The van der Waals surface area contributed by atoms with Gasteiger partial charge in [-0.05, 0) is 25.2 Å². The molecule has 1 saturated carbocycles. The Balaban J connectivity index is 2.17. The molecule has 0 bridgehead atoms. The molecule has 0 saturated heterocycles. The Kier molecular flexibility index (Phi) is 5.33. The molecule has 6 heteroatoms. The van der Waals surface area contributed by atoms with E-state index in [2.05, 4.69) is 17.6 Å². The summed E-state index contributed by atoms with van der Waals surface area (Å²) in [5.41, 5.74) is 6.46. The fraction of sp³-hybridized carbons (Fsp3) is 0.667. The minimum atomic E-state index is -0.168. The molecule has 1 aliphatic carbocycles. The van der Waals surface area contributed by atoms with Crippen LogP contribution in [0.4, 0.5) is 10.7 Å². The number of methoxy groups -OCH3 is 1. The van der Waals surface area contributed by atoms with Gasteiger partial charge < -0.3 is 21.1 Å². The van der Waals surface area contributed by atoms with Crippen LogP contribution in [0, 0.1) is 5.92 Å². The van der Waals surface area contributed by atoms with E-state index >= 15 is 0 Å². The van der Waals surface area contributed by atoms with Crippen molar-refractivity contribution in [1.82, 2.24) is 5.32 Å². The Morgan fingerprint density at radius 2 is 2.10 bits per heavy atom. The largest absolute Gasteiger partial charge is 0.492 e. The van der Waals surface area contributed by atoms with Crippen LogP contribution < -0.4 is 21.1 Å². The fourth-order valence-electron chi connectivity index (χ4n) is 2.83. The quantitative estimate of drug-likeness (QED) is 0.747. The first-order valence-corrected chi connectivity index (χ1v) is 8.33. The number of nitrogens with two attached hydrogens (primary N) is 1. The fourth-order valence-corrected chi connectivity index (χ4v) is 3.94. The van der Waals surface area contributed by atoms with Crippen LogP contribution >= 0.6 is 11.3 Å². The van der Waals surface area contributed by atoms with Gasteiger partial charge in [0.1, 0.15) is 15.6 Å². The Bertz CT molecular complexity index is 501. The van der Waals surface area contributed by atoms with Gasteiger partial charge in [-0.15, -0.1) is 11.3 Å². The Morgan fingerprint density at radius 1 is 1.33 bits per heavy atom. The number of ether oxygens (including phenoxy) is 1. The van der Waals surface area contributed by atoms with Gasteiger partial charge in [-0.2, -0.15) is 0 Å². The molecule has 0 radical (unpaired) electrons. The predicted molar refractivity (Wildman–Crippen MR) is 88.3 cm³/mol. The Hall–Kier alpha value is -1.43. The Morgan fingerprint density at radius 3 is 2.76 bits per heavy atom. The molecule has 21 heavy (non-hydrogen) atoms. The first-order valence-electron chi connectivity index (χ1n) is 7.51. The van der Waals surface area contributed by atoms with Crippen molar-refractivity contribution in [3.8, 4) is 5.75 Å². The Labute approximate surface area is 130 Å². The third-order valence-corrected chi connectivity index (χ3v) is 5.25. The van der Waals surface area contributed by atoms with E-state index in [-0.39, 0.29) is 5.91 Å². The molecular weight excluding hydrogens is 286 g/mol. The summed E-state index contributed by atoms with van der Waals surface area (Å²) in [4.78, 5) is 12.4. The number of carbonyl (C=O) groups excluding carboxylic acids is 1. The van der Waals surface area contributed by atoms with Crippen LogP contribution in [0.15, 0.2) is 0 Å². The molecule has 1 aliphatic rings. The van der Waals surface area contributed by atoms with Crippen LogP contribution in [0.1, 0.15) is 48.7 Å². The van der Waals surface area contributed by atoms with Gasteiger partial charge in [-0.25, -0.2) is 0 Å². The summed E-state index contributed by atoms with van der Waals surface area (Å²) in [6.45, 7) is 2.32. The highest BCUT2D eigenvalue weighted by Crippen LogP contribution is 2.43. The normalized spacial score (nSPS) is 22.4. The molecule has 1 heterocycles. The third kappa shape index (κ3) is 3.61. The summed E-state index contributed by atoms with van der Waals surface area (Å²) in [5, 5.41) is 7.02. The van der Waals surface area contributed by atoms with Crippen LogP contribution in [0.3, 0.4) is 0 Å². The number of hydrogen-bond acceptors (Lipinski definition) is 5. The van der Waals surface area contributed by atoms with E-state index in [9.17, 15) is 4.79 Å². The van der Waals surface area contributed by atoms with Gasteiger partial charge in [-0.3, -0.25) is 4.79 Å². The topological polar surface area (TPSA) is 76.4 Å². The van der Waals surface area contributed by atoms with Crippen molar-refractivity contribution in [2.75, 3.05) is 25.2 Å². The van der Waals surface area contributed by atoms with E-state index < -0.39 is 0 Å². The molecular formula is C15H25N3O2S. The second kappa shape index (κ2) is 7.02. The lowest BCUT2D eigenvalue weighted by Gasteiger charge is -2.17. The monoisotopic (exact) mass is 311 g/mol. The van der Waals surface area contributed by atoms with Crippen LogP contribution in [-0.4, -0.2) is 26.1 Å². The molecule has 0 aliphatic heterocycles. The van der Waals surface area contributed by atoms with Gasteiger partial charge in [0, 0.05) is 13.1 Å². The van der Waals surface area contributed by atoms with Gasteiger partial charge in [0.15, 0.2) is 5.75 Å². The average Bonchev–Trinajstić information content (AvgIpc) is 2.64. The van der Waals surface area contributed by atoms with Crippen molar-refractivity contribution in [3.63, 3.8) is 0 Å². The van der Waals surface area contributed by atoms with Crippen molar-refractivity contribution in [2.24, 2.45) is 5.92 Å². The number of anilines is 2. The standard InChI is InChI=1S/C15H25N3O2S/c1-9-5-4-6-10(8-7-9)18-15-12(20-3)11(16)13(21-15)14(19)17-2/h9-10,18H,4-8,16H2,1-3H3,(H,17,19). The van der Waals surface area contributed by atoms with Crippen molar-refractivity contribution in [2.45, 2.75) is 45.1 Å². The summed E-state index contributed by atoms with van der Waals surface area (Å²) >= 11 is 1.37. The molecule has 2 atom stereocenters. The zero-order valence-electron chi connectivity index (χ0n) is 13.0. The highest BCUT2D eigenvalue weighted by atomic mass is 32.1. The molecule has 1 fully saturated rings. The van der Waals surface area contributed by atoms with Gasteiger partial charge in [0.2, 0.25) is 0 Å². The minimum Gasteiger partial charge on any atom is -0.492 e. The summed E-state index contributed by atoms with van der Waals surface area (Å²) in [5.74, 6) is 1.22. The second-order valence-corrected chi connectivity index (χ2v) is 6.76. The van der Waals surface area contributed by atoms with Crippen LogP contribution in [-0.2, 0) is 0 Å². The molecule has 5 nitrogen and oxygen atoms in total. The van der Waals surface area contributed by atoms with Gasteiger partial charge >= 0.3 is 0 Å². The first-order chi connectivity index (χ1) is 10.1. The van der Waals surface area contributed by atoms with E-state index in [1.165, 1.54) is 30.6 Å². The molecule has 1 aromatic rings. The first kappa shape index (κ1) is 15.9. The maximum Gasteiger partial charge on any atom is 0.263 e. The third-order valence-electron chi connectivity index (χ3n) is 4.13. The summed E-state index contributed by atoms with van der Waals surface area (Å²) in [7, 11) is 3.19. The van der Waals surface area contributed by atoms with Gasteiger partial charge in [0.25, 0.3) is 5.91 Å². The lowest BCUT2D eigenvalue weighted by Crippen LogP contribution is -2.18. The van der Waals surface area contributed by atoms with Crippen LogP contribution in [0.5, 0.6) is 5.75 Å². The van der Waals surface area contributed by atoms with E-state index in [4.69, 9.17) is 10.5 Å². The highest BCUT2D eigenvalue weighted by molar-refractivity contribution is 7.19. The van der Waals surface area contributed by atoms with Crippen LogP contribution in [0.25, 0.3) is 0 Å². The summed E-state index contributed by atoms with van der Waals surface area (Å²) < 4.78 is 5.39. The molecule has 0 aromatic carbocycles. The predicted octanol–water partition coefficient (Wildman–Crippen LogP) is 3.08. The van der Waals surface area contributed by atoms with Crippen molar-refractivity contribution >= 4 is 27.9 Å². The molecule has 4 N–H and O–H groups in total. The molecule has 2 rings (SSSR count). The maximum absolute atomic E-state index is 11.8. The highest BCUT2D eigenvalue weighted by Gasteiger charge is 2.24. The van der Waals surface area contributed by atoms with E-state index in [0.717, 1.165) is 23.8 Å². The van der Waals surface area contributed by atoms with E-state index in [0.29, 0.717) is 22.4 Å². The number of carbonyl (C=O) groups is 1. The van der Waals surface area contributed by atoms with Crippen molar-refractivity contribution < 1.29 is 9.53 Å². The van der Waals surface area contributed by atoms with Crippen LogP contribution in [0.2, 0.25) is 0 Å². The smallest absolute Gasteiger partial charge is 0.263 e. The maximum atomic E-state index is 11.8. The second-order valence-electron chi connectivity index (χ2n) is 5.74. The lowest BCUT2D eigenvalue weighted by molar-refractivity contribution is 0.0967. The molecule has 1 aromatic heterocycles. The number of thiophene rings is 1. The zero-order valence-corrected chi connectivity index (χ0v) is 13.8. The number of rotatable bonds is 4. The van der Waals surface area contributed by atoms with Gasteiger partial charge in [-0.1, -0.05) is 19.8 Å². The number of nitrogens with one attached hydrogen (secondary N) is 2. The van der Waals surface area contributed by atoms with Crippen molar-refractivity contribution in [3.05, 3.63) is 4.88 Å². The molecule has 0 spiro atoms. The summed E-state index contributed by atoms with van der Waals surface area (Å²) in [6.07, 6.45) is 6.08. The minimum absolute atomic E-state index is 0.168. The molecule has 2 unspecified atom stereocenters. The van der Waals surface area contributed by atoms with E-state index in [1.807, 2.05) is 0 Å². The van der Waals surface area contributed by atoms with Crippen molar-refractivity contribution in [1.29, 1.82) is 0 Å². The zero-order chi connectivity index (χ0) is 15.4. The number of amides is 1.